The highest BCUT2D eigenvalue weighted by Gasteiger charge is 2.18. The molecule has 124 valence electrons. The highest BCUT2D eigenvalue weighted by atomic mass is 16.4. The van der Waals surface area contributed by atoms with Gasteiger partial charge in [-0.2, -0.15) is 0 Å². The molecule has 2 aromatic carbocycles. The first kappa shape index (κ1) is 15.3. The van der Waals surface area contributed by atoms with Gasteiger partial charge in [0, 0.05) is 5.56 Å². The Morgan fingerprint density at radius 2 is 1.56 bits per heavy atom. The van der Waals surface area contributed by atoms with E-state index in [1.807, 2.05) is 61.0 Å². The van der Waals surface area contributed by atoms with E-state index >= 15 is 0 Å². The minimum atomic E-state index is 0.382. The fourth-order valence-corrected chi connectivity index (χ4v) is 2.60. The van der Waals surface area contributed by atoms with Crippen LogP contribution in [0.25, 0.3) is 23.0 Å². The van der Waals surface area contributed by atoms with Crippen LogP contribution < -0.4 is 0 Å². The Balaban J connectivity index is 1.62. The van der Waals surface area contributed by atoms with Crippen LogP contribution in [0.3, 0.4) is 0 Å². The lowest BCUT2D eigenvalue weighted by Gasteiger charge is -2.02. The van der Waals surface area contributed by atoms with Gasteiger partial charge in [-0.3, -0.25) is 0 Å². The van der Waals surface area contributed by atoms with Crippen LogP contribution in [-0.2, 0) is 6.54 Å². The SMILES string of the molecule is Cc1ccc(-c2nnc(-c3nnn(Cc4ccccc4)c3C)o2)cc1. The van der Waals surface area contributed by atoms with Gasteiger partial charge in [-0.1, -0.05) is 53.2 Å². The van der Waals surface area contributed by atoms with Crippen molar-refractivity contribution in [2.75, 3.05) is 0 Å². The zero-order chi connectivity index (χ0) is 17.2. The largest absolute Gasteiger partial charge is 0.414 e. The minimum Gasteiger partial charge on any atom is -0.414 e. The molecule has 0 spiro atoms. The van der Waals surface area contributed by atoms with Gasteiger partial charge >= 0.3 is 0 Å². The van der Waals surface area contributed by atoms with E-state index < -0.39 is 0 Å². The van der Waals surface area contributed by atoms with E-state index in [0.29, 0.717) is 24.0 Å². The topological polar surface area (TPSA) is 69.6 Å². The smallest absolute Gasteiger partial charge is 0.270 e. The predicted octanol–water partition coefficient (Wildman–Crippen LogP) is 3.66. The summed E-state index contributed by atoms with van der Waals surface area (Å²) in [5.74, 6) is 0.861. The molecule has 0 atom stereocenters. The van der Waals surface area contributed by atoms with Crippen molar-refractivity contribution in [1.82, 2.24) is 25.2 Å². The third-order valence-corrected chi connectivity index (χ3v) is 4.08. The predicted molar refractivity (Wildman–Crippen MR) is 93.8 cm³/mol. The summed E-state index contributed by atoms with van der Waals surface area (Å²) < 4.78 is 7.64. The Labute approximate surface area is 145 Å². The van der Waals surface area contributed by atoms with Crippen molar-refractivity contribution in [3.05, 3.63) is 71.4 Å². The van der Waals surface area contributed by atoms with Gasteiger partial charge in [-0.15, -0.1) is 15.3 Å². The fraction of sp³-hybridized carbons (Fsp3) is 0.158. The number of benzene rings is 2. The molecule has 0 fully saturated rings. The third kappa shape index (κ3) is 3.06. The molecule has 0 saturated heterocycles. The van der Waals surface area contributed by atoms with Gasteiger partial charge in [0.1, 0.15) is 0 Å². The number of aromatic nitrogens is 5. The summed E-state index contributed by atoms with van der Waals surface area (Å²) in [6, 6.07) is 18.1. The molecule has 0 unspecified atom stereocenters. The monoisotopic (exact) mass is 331 g/mol. The Bertz CT molecular complexity index is 986. The Morgan fingerprint density at radius 1 is 0.840 bits per heavy atom. The average molecular weight is 331 g/mol. The van der Waals surface area contributed by atoms with Crippen LogP contribution in [-0.4, -0.2) is 25.2 Å². The van der Waals surface area contributed by atoms with E-state index in [1.54, 1.807) is 0 Å². The highest BCUT2D eigenvalue weighted by Crippen LogP contribution is 2.24. The maximum absolute atomic E-state index is 5.80. The standard InChI is InChI=1S/C19H17N5O/c1-13-8-10-16(11-9-13)18-21-22-19(25-18)17-14(2)24(23-20-17)12-15-6-4-3-5-7-15/h3-11H,12H2,1-2H3. The van der Waals surface area contributed by atoms with E-state index in [9.17, 15) is 0 Å². The van der Waals surface area contributed by atoms with Crippen LogP contribution in [0.1, 0.15) is 16.8 Å². The van der Waals surface area contributed by atoms with Gasteiger partial charge in [0.25, 0.3) is 5.89 Å². The van der Waals surface area contributed by atoms with Crippen LogP contribution in [0.4, 0.5) is 0 Å². The Morgan fingerprint density at radius 3 is 2.32 bits per heavy atom. The van der Waals surface area contributed by atoms with Crippen LogP contribution in [0.15, 0.2) is 59.0 Å². The van der Waals surface area contributed by atoms with Crippen LogP contribution in [0, 0.1) is 13.8 Å². The molecule has 2 aromatic heterocycles. The van der Waals surface area contributed by atoms with Crippen molar-refractivity contribution in [3.63, 3.8) is 0 Å². The second-order valence-corrected chi connectivity index (χ2v) is 5.95. The molecule has 6 heteroatoms. The maximum atomic E-state index is 5.80. The number of hydrogen-bond acceptors (Lipinski definition) is 5. The molecular weight excluding hydrogens is 314 g/mol. The Hall–Kier alpha value is -3.28. The zero-order valence-corrected chi connectivity index (χ0v) is 14.0. The van der Waals surface area contributed by atoms with E-state index in [1.165, 1.54) is 5.56 Å². The summed E-state index contributed by atoms with van der Waals surface area (Å²) >= 11 is 0. The van der Waals surface area contributed by atoms with Crippen LogP contribution in [0.2, 0.25) is 0 Å². The molecule has 0 amide bonds. The quantitative estimate of drug-likeness (QED) is 0.571. The molecule has 4 aromatic rings. The van der Waals surface area contributed by atoms with Gasteiger partial charge in [-0.05, 0) is 31.5 Å². The first-order chi connectivity index (χ1) is 12.2. The van der Waals surface area contributed by atoms with Crippen LogP contribution >= 0.6 is 0 Å². The molecule has 4 rings (SSSR count). The first-order valence-electron chi connectivity index (χ1n) is 8.05. The number of nitrogens with zero attached hydrogens (tertiary/aromatic N) is 5. The lowest BCUT2D eigenvalue weighted by atomic mass is 10.1. The van der Waals surface area contributed by atoms with Crippen molar-refractivity contribution < 1.29 is 4.42 Å². The summed E-state index contributed by atoms with van der Waals surface area (Å²) in [4.78, 5) is 0. The van der Waals surface area contributed by atoms with E-state index in [0.717, 1.165) is 16.8 Å². The van der Waals surface area contributed by atoms with Crippen molar-refractivity contribution in [2.24, 2.45) is 0 Å². The minimum absolute atomic E-state index is 0.382. The number of hydrogen-bond donors (Lipinski definition) is 0. The van der Waals surface area contributed by atoms with Gasteiger partial charge in [-0.25, -0.2) is 4.68 Å². The summed E-state index contributed by atoms with van der Waals surface area (Å²) in [6.45, 7) is 4.64. The lowest BCUT2D eigenvalue weighted by molar-refractivity contribution is 0.581. The molecule has 0 bridgehead atoms. The van der Waals surface area contributed by atoms with Gasteiger partial charge in [0.2, 0.25) is 5.89 Å². The number of aryl methyl sites for hydroxylation is 1. The van der Waals surface area contributed by atoms with Crippen molar-refractivity contribution in [2.45, 2.75) is 20.4 Å². The van der Waals surface area contributed by atoms with Crippen molar-refractivity contribution in [1.29, 1.82) is 0 Å². The van der Waals surface area contributed by atoms with Crippen LogP contribution in [0.5, 0.6) is 0 Å². The molecule has 0 aliphatic rings. The normalized spacial score (nSPS) is 11.0. The lowest BCUT2D eigenvalue weighted by Crippen LogP contribution is -2.03. The molecule has 6 nitrogen and oxygen atoms in total. The third-order valence-electron chi connectivity index (χ3n) is 4.08. The van der Waals surface area contributed by atoms with E-state index in [-0.39, 0.29) is 0 Å². The summed E-state index contributed by atoms with van der Waals surface area (Å²) in [5.41, 5.74) is 4.74. The molecule has 25 heavy (non-hydrogen) atoms. The fourth-order valence-electron chi connectivity index (χ4n) is 2.60. The molecule has 2 heterocycles. The van der Waals surface area contributed by atoms with Gasteiger partial charge in [0.05, 0.1) is 12.2 Å². The first-order valence-corrected chi connectivity index (χ1v) is 8.05. The molecule has 0 saturated carbocycles. The average Bonchev–Trinajstić information content (AvgIpc) is 3.24. The Kier molecular flexibility index (Phi) is 3.85. The molecule has 0 aliphatic heterocycles. The van der Waals surface area contributed by atoms with Crippen molar-refractivity contribution >= 4 is 0 Å². The van der Waals surface area contributed by atoms with Crippen molar-refractivity contribution in [3.8, 4) is 23.0 Å². The summed E-state index contributed by atoms with van der Waals surface area (Å²) in [7, 11) is 0. The second kappa shape index (κ2) is 6.32. The van der Waals surface area contributed by atoms with Gasteiger partial charge in [0.15, 0.2) is 5.69 Å². The van der Waals surface area contributed by atoms with E-state index in [4.69, 9.17) is 4.42 Å². The zero-order valence-electron chi connectivity index (χ0n) is 14.0. The summed E-state index contributed by atoms with van der Waals surface area (Å²) in [5, 5.41) is 16.7. The van der Waals surface area contributed by atoms with E-state index in [2.05, 4.69) is 32.6 Å². The maximum Gasteiger partial charge on any atom is 0.270 e. The molecular formula is C19H17N5O. The van der Waals surface area contributed by atoms with Gasteiger partial charge < -0.3 is 4.42 Å². The second-order valence-electron chi connectivity index (χ2n) is 5.95. The highest BCUT2D eigenvalue weighted by molar-refractivity contribution is 5.56. The molecule has 0 radical (unpaired) electrons. The summed E-state index contributed by atoms with van der Waals surface area (Å²) in [6.07, 6.45) is 0. The molecule has 0 N–H and O–H groups in total. The number of rotatable bonds is 4. The molecule has 0 aliphatic carbocycles.